The fraction of sp³-hybridized carbons (Fsp3) is 0.647. The monoisotopic (exact) mass is 337 g/mol. The zero-order valence-electron chi connectivity index (χ0n) is 13.9. The van der Waals surface area contributed by atoms with Crippen molar-refractivity contribution in [2.75, 3.05) is 33.2 Å². The molecule has 0 amide bonds. The molecule has 1 aromatic rings. The van der Waals surface area contributed by atoms with E-state index in [-0.39, 0.29) is 0 Å². The largest absolute Gasteiger partial charge is 0.299 e. The van der Waals surface area contributed by atoms with Crippen LogP contribution in [-0.4, -0.2) is 61.2 Å². The third kappa shape index (κ3) is 3.94. The number of hydrogen-bond donors (Lipinski definition) is 0. The molecule has 0 aliphatic carbocycles. The molecule has 0 bridgehead atoms. The van der Waals surface area contributed by atoms with Crippen molar-refractivity contribution in [3.63, 3.8) is 0 Å². The second-order valence-corrected chi connectivity index (χ2v) is 8.57. The van der Waals surface area contributed by atoms with Crippen LogP contribution in [0.1, 0.15) is 31.2 Å². The fourth-order valence-corrected chi connectivity index (χ4v) is 5.31. The van der Waals surface area contributed by atoms with Gasteiger partial charge in [0.2, 0.25) is 0 Å². The Bertz CT molecular complexity index is 592. The van der Waals surface area contributed by atoms with Crippen molar-refractivity contribution in [2.45, 2.75) is 38.3 Å². The summed E-state index contributed by atoms with van der Waals surface area (Å²) in [4.78, 5) is 2.36. The summed E-state index contributed by atoms with van der Waals surface area (Å²) < 4.78 is 28.5. The number of benzene rings is 1. The van der Waals surface area contributed by atoms with Gasteiger partial charge in [-0.3, -0.25) is 4.90 Å². The quantitative estimate of drug-likeness (QED) is 0.824. The van der Waals surface area contributed by atoms with Crippen LogP contribution >= 0.6 is 0 Å². The summed E-state index contributed by atoms with van der Waals surface area (Å²) in [5.41, 5.74) is 1.31. The molecular formula is C17H27N3O2S. The Balaban J connectivity index is 1.53. The SMILES string of the molecule is CN(Cc1ccccc1)C1CCN(S(=O)(=O)N2CCCC2)CC1. The molecule has 6 heteroatoms. The molecule has 128 valence electrons. The van der Waals surface area contributed by atoms with Crippen LogP contribution in [0.4, 0.5) is 0 Å². The van der Waals surface area contributed by atoms with Crippen LogP contribution in [0, 0.1) is 0 Å². The number of hydrogen-bond acceptors (Lipinski definition) is 3. The lowest BCUT2D eigenvalue weighted by Gasteiger charge is -2.37. The third-order valence-corrected chi connectivity index (χ3v) is 7.07. The second-order valence-electron chi connectivity index (χ2n) is 6.64. The summed E-state index contributed by atoms with van der Waals surface area (Å²) in [7, 11) is -1.08. The Morgan fingerprint density at radius 1 is 1.00 bits per heavy atom. The topological polar surface area (TPSA) is 43.9 Å². The lowest BCUT2D eigenvalue weighted by molar-refractivity contribution is 0.159. The molecule has 1 aromatic carbocycles. The Morgan fingerprint density at radius 3 is 2.17 bits per heavy atom. The van der Waals surface area contributed by atoms with E-state index in [9.17, 15) is 8.42 Å². The van der Waals surface area contributed by atoms with Gasteiger partial charge in [-0.2, -0.15) is 17.0 Å². The van der Waals surface area contributed by atoms with E-state index >= 15 is 0 Å². The highest BCUT2D eigenvalue weighted by atomic mass is 32.2. The van der Waals surface area contributed by atoms with Crippen LogP contribution < -0.4 is 0 Å². The Labute approximate surface area is 140 Å². The first-order valence-corrected chi connectivity index (χ1v) is 9.96. The van der Waals surface area contributed by atoms with Crippen molar-refractivity contribution in [3.8, 4) is 0 Å². The molecule has 2 aliphatic rings. The molecule has 0 N–H and O–H groups in total. The van der Waals surface area contributed by atoms with Gasteiger partial charge in [0.15, 0.2) is 0 Å². The van der Waals surface area contributed by atoms with Gasteiger partial charge >= 0.3 is 0 Å². The van der Waals surface area contributed by atoms with E-state index in [1.165, 1.54) is 5.56 Å². The molecule has 3 rings (SSSR count). The summed E-state index contributed by atoms with van der Waals surface area (Å²) in [6, 6.07) is 10.9. The van der Waals surface area contributed by atoms with Crippen LogP contribution in [-0.2, 0) is 16.8 Å². The molecule has 5 nitrogen and oxygen atoms in total. The summed E-state index contributed by atoms with van der Waals surface area (Å²) in [6.45, 7) is 3.59. The molecule has 0 unspecified atom stereocenters. The molecule has 0 atom stereocenters. The summed E-state index contributed by atoms with van der Waals surface area (Å²) >= 11 is 0. The third-order valence-electron chi connectivity index (χ3n) is 5.04. The van der Waals surface area contributed by atoms with Crippen molar-refractivity contribution in [1.29, 1.82) is 0 Å². The highest BCUT2D eigenvalue weighted by molar-refractivity contribution is 7.86. The van der Waals surface area contributed by atoms with E-state index in [0.29, 0.717) is 32.2 Å². The maximum Gasteiger partial charge on any atom is 0.281 e. The van der Waals surface area contributed by atoms with Crippen molar-refractivity contribution in [1.82, 2.24) is 13.5 Å². The van der Waals surface area contributed by atoms with E-state index in [1.807, 2.05) is 6.07 Å². The summed E-state index contributed by atoms with van der Waals surface area (Å²) in [5, 5.41) is 0. The van der Waals surface area contributed by atoms with Crippen LogP contribution in [0.3, 0.4) is 0 Å². The van der Waals surface area contributed by atoms with E-state index < -0.39 is 10.2 Å². The fourth-order valence-electron chi connectivity index (χ4n) is 3.60. The first-order valence-electron chi connectivity index (χ1n) is 8.57. The lowest BCUT2D eigenvalue weighted by Crippen LogP contribution is -2.49. The molecular weight excluding hydrogens is 310 g/mol. The molecule has 2 heterocycles. The van der Waals surface area contributed by atoms with Gasteiger partial charge in [-0.25, -0.2) is 0 Å². The molecule has 0 saturated carbocycles. The van der Waals surface area contributed by atoms with Gasteiger partial charge in [-0.1, -0.05) is 30.3 Å². The van der Waals surface area contributed by atoms with E-state index in [1.54, 1.807) is 8.61 Å². The van der Waals surface area contributed by atoms with Gasteiger partial charge < -0.3 is 0 Å². The molecule has 0 spiro atoms. The minimum absolute atomic E-state index is 0.459. The number of piperidine rings is 1. The molecule has 2 saturated heterocycles. The van der Waals surface area contributed by atoms with Crippen LogP contribution in [0.25, 0.3) is 0 Å². The highest BCUT2D eigenvalue weighted by Crippen LogP contribution is 2.23. The predicted molar refractivity (Wildman–Crippen MR) is 92.2 cm³/mol. The zero-order valence-corrected chi connectivity index (χ0v) is 14.7. The lowest BCUT2D eigenvalue weighted by atomic mass is 10.0. The van der Waals surface area contributed by atoms with Gasteiger partial charge in [0, 0.05) is 38.8 Å². The molecule has 0 aromatic heterocycles. The smallest absolute Gasteiger partial charge is 0.281 e. The standard InChI is InChI=1S/C17H27N3O2S/c1-18(15-16-7-3-2-4-8-16)17-9-13-20(14-10-17)23(21,22)19-11-5-6-12-19/h2-4,7-8,17H,5-6,9-15H2,1H3. The minimum Gasteiger partial charge on any atom is -0.299 e. The van der Waals surface area contributed by atoms with Gasteiger partial charge in [0.1, 0.15) is 0 Å². The van der Waals surface area contributed by atoms with Crippen LogP contribution in [0.15, 0.2) is 30.3 Å². The molecule has 0 radical (unpaired) electrons. The van der Waals surface area contributed by atoms with Gasteiger partial charge in [0.25, 0.3) is 10.2 Å². The summed E-state index contributed by atoms with van der Waals surface area (Å²) in [5.74, 6) is 0. The van der Waals surface area contributed by atoms with Crippen molar-refractivity contribution >= 4 is 10.2 Å². The maximum atomic E-state index is 12.6. The Kier molecular flexibility index (Phi) is 5.36. The molecule has 2 fully saturated rings. The Hall–Kier alpha value is -0.950. The number of rotatable bonds is 5. The van der Waals surface area contributed by atoms with E-state index in [0.717, 1.165) is 32.2 Å². The minimum atomic E-state index is -3.22. The average Bonchev–Trinajstić information content (AvgIpc) is 3.11. The van der Waals surface area contributed by atoms with Crippen molar-refractivity contribution in [2.24, 2.45) is 0 Å². The summed E-state index contributed by atoms with van der Waals surface area (Å²) in [6.07, 6.45) is 3.82. The van der Waals surface area contributed by atoms with Gasteiger partial charge in [0.05, 0.1) is 0 Å². The van der Waals surface area contributed by atoms with Crippen molar-refractivity contribution in [3.05, 3.63) is 35.9 Å². The van der Waals surface area contributed by atoms with Crippen LogP contribution in [0.5, 0.6) is 0 Å². The second kappa shape index (κ2) is 7.30. The first kappa shape index (κ1) is 16.9. The highest BCUT2D eigenvalue weighted by Gasteiger charge is 2.34. The van der Waals surface area contributed by atoms with Gasteiger partial charge in [-0.15, -0.1) is 0 Å². The van der Waals surface area contributed by atoms with Crippen molar-refractivity contribution < 1.29 is 8.42 Å². The zero-order chi connectivity index (χ0) is 16.3. The molecule has 2 aliphatic heterocycles. The first-order chi connectivity index (χ1) is 11.1. The van der Waals surface area contributed by atoms with E-state index in [2.05, 4.69) is 36.2 Å². The number of nitrogens with zero attached hydrogens (tertiary/aromatic N) is 3. The van der Waals surface area contributed by atoms with Gasteiger partial charge in [-0.05, 0) is 38.3 Å². The predicted octanol–water partition coefficient (Wildman–Crippen LogP) is 1.92. The van der Waals surface area contributed by atoms with Crippen LogP contribution in [0.2, 0.25) is 0 Å². The normalized spacial score (nSPS) is 22.0. The van der Waals surface area contributed by atoms with E-state index in [4.69, 9.17) is 0 Å². The average molecular weight is 337 g/mol. The maximum absolute atomic E-state index is 12.6. The molecule has 23 heavy (non-hydrogen) atoms. The Morgan fingerprint density at radius 2 is 1.57 bits per heavy atom.